The normalized spacial score (nSPS) is 12.6. The molecule has 1 aromatic rings. The van der Waals surface area contributed by atoms with Crippen molar-refractivity contribution in [2.45, 2.75) is 6.36 Å². The van der Waals surface area contributed by atoms with Gasteiger partial charge in [0.2, 0.25) is 6.36 Å². The molecule has 0 saturated heterocycles. The summed E-state index contributed by atoms with van der Waals surface area (Å²) in [6.07, 6.45) is -1.61. The van der Waals surface area contributed by atoms with E-state index in [0.717, 1.165) is 0 Å². The molecule has 1 radical (unpaired) electrons. The molecule has 59 valence electrons. The Balaban J connectivity index is 2.66. The van der Waals surface area contributed by atoms with Crippen molar-refractivity contribution in [1.82, 2.24) is 0 Å². The minimum absolute atomic E-state index is 0.272. The molecule has 1 unspecified atom stereocenters. The van der Waals surface area contributed by atoms with Gasteiger partial charge in [-0.1, -0.05) is 0 Å². The van der Waals surface area contributed by atoms with Crippen LogP contribution in [0.5, 0.6) is 5.75 Å². The van der Waals surface area contributed by atoms with Crippen LogP contribution in [0.25, 0.3) is 0 Å². The van der Waals surface area contributed by atoms with E-state index in [1.54, 1.807) is 0 Å². The van der Waals surface area contributed by atoms with E-state index in [-0.39, 0.29) is 11.6 Å². The zero-order valence-corrected chi connectivity index (χ0v) is 5.76. The Bertz CT molecular complexity index is 218. The van der Waals surface area contributed by atoms with E-state index in [1.807, 2.05) is 0 Å². The molecular weight excluding hydrogens is 150 g/mol. The first-order valence-electron chi connectivity index (χ1n) is 3.08. The molecular formula is C8H7F2O. The topological polar surface area (TPSA) is 9.23 Å². The third kappa shape index (κ3) is 2.53. The highest BCUT2D eigenvalue weighted by molar-refractivity contribution is 5.22. The monoisotopic (exact) mass is 157 g/mol. The SMILES string of the molecule is [CH2]C(F)Oc1ccc(F)cc1. The highest BCUT2D eigenvalue weighted by Gasteiger charge is 1.99. The fraction of sp³-hybridized carbons (Fsp3) is 0.125. The fourth-order valence-corrected chi connectivity index (χ4v) is 0.661. The zero-order chi connectivity index (χ0) is 8.27. The molecule has 1 nitrogen and oxygen atoms in total. The Labute approximate surface area is 63.6 Å². The molecule has 0 N–H and O–H groups in total. The van der Waals surface area contributed by atoms with Gasteiger partial charge in [0.1, 0.15) is 11.6 Å². The summed E-state index contributed by atoms with van der Waals surface area (Å²) in [5, 5.41) is 0. The molecule has 3 heteroatoms. The zero-order valence-electron chi connectivity index (χ0n) is 5.76. The van der Waals surface area contributed by atoms with Crippen molar-refractivity contribution >= 4 is 0 Å². The standard InChI is InChI=1S/C8H7F2O/c1-6(9)11-8-4-2-7(10)3-5-8/h2-6H,1H2. The van der Waals surface area contributed by atoms with Crippen molar-refractivity contribution in [3.63, 3.8) is 0 Å². The Kier molecular flexibility index (Phi) is 2.41. The quantitative estimate of drug-likeness (QED) is 0.640. The number of ether oxygens (including phenoxy) is 1. The van der Waals surface area contributed by atoms with Gasteiger partial charge in [0.05, 0.1) is 0 Å². The van der Waals surface area contributed by atoms with Crippen LogP contribution in [0.15, 0.2) is 24.3 Å². The lowest BCUT2D eigenvalue weighted by atomic mass is 10.3. The van der Waals surface area contributed by atoms with E-state index in [4.69, 9.17) is 0 Å². The summed E-state index contributed by atoms with van der Waals surface area (Å²) in [5.74, 6) is -0.106. The van der Waals surface area contributed by atoms with Gasteiger partial charge in [-0.3, -0.25) is 0 Å². The minimum Gasteiger partial charge on any atom is -0.460 e. The van der Waals surface area contributed by atoms with Crippen LogP contribution >= 0.6 is 0 Å². The summed E-state index contributed by atoms with van der Waals surface area (Å²) in [6, 6.07) is 5.07. The van der Waals surface area contributed by atoms with E-state index >= 15 is 0 Å². The van der Waals surface area contributed by atoms with Crippen LogP contribution < -0.4 is 4.74 Å². The largest absolute Gasteiger partial charge is 0.460 e. The fourth-order valence-electron chi connectivity index (χ4n) is 0.661. The van der Waals surface area contributed by atoms with Gasteiger partial charge in [0, 0.05) is 6.92 Å². The van der Waals surface area contributed by atoms with Gasteiger partial charge in [-0.15, -0.1) is 0 Å². The summed E-state index contributed by atoms with van der Waals surface area (Å²) < 4.78 is 28.8. The number of benzene rings is 1. The van der Waals surface area contributed by atoms with Crippen LogP contribution in [-0.2, 0) is 0 Å². The maximum Gasteiger partial charge on any atom is 0.238 e. The number of hydrogen-bond donors (Lipinski definition) is 0. The van der Waals surface area contributed by atoms with Crippen molar-refractivity contribution < 1.29 is 13.5 Å². The Morgan fingerprint density at radius 1 is 1.27 bits per heavy atom. The van der Waals surface area contributed by atoms with Crippen molar-refractivity contribution in [1.29, 1.82) is 0 Å². The lowest BCUT2D eigenvalue weighted by molar-refractivity contribution is 0.111. The second-order valence-electron chi connectivity index (χ2n) is 1.98. The number of hydrogen-bond acceptors (Lipinski definition) is 1. The molecule has 0 fully saturated rings. The Morgan fingerprint density at radius 2 is 1.82 bits per heavy atom. The molecule has 0 aromatic heterocycles. The van der Waals surface area contributed by atoms with Gasteiger partial charge in [-0.2, -0.15) is 0 Å². The maximum absolute atomic E-state index is 12.3. The Morgan fingerprint density at radius 3 is 2.27 bits per heavy atom. The highest BCUT2D eigenvalue weighted by Crippen LogP contribution is 2.12. The van der Waals surface area contributed by atoms with Gasteiger partial charge in [0.25, 0.3) is 0 Å². The molecule has 0 bridgehead atoms. The van der Waals surface area contributed by atoms with Crippen LogP contribution in [-0.4, -0.2) is 6.36 Å². The van der Waals surface area contributed by atoms with E-state index in [2.05, 4.69) is 11.7 Å². The molecule has 11 heavy (non-hydrogen) atoms. The van der Waals surface area contributed by atoms with Crippen molar-refractivity contribution in [2.24, 2.45) is 0 Å². The van der Waals surface area contributed by atoms with Crippen molar-refractivity contribution in [2.75, 3.05) is 0 Å². The van der Waals surface area contributed by atoms with E-state index in [0.29, 0.717) is 0 Å². The van der Waals surface area contributed by atoms with E-state index in [9.17, 15) is 8.78 Å². The average Bonchev–Trinajstić information content (AvgIpc) is 1.93. The number of alkyl halides is 1. The molecule has 0 amide bonds. The first-order chi connectivity index (χ1) is 5.18. The van der Waals surface area contributed by atoms with Crippen molar-refractivity contribution in [3.05, 3.63) is 37.0 Å². The minimum atomic E-state index is -1.61. The highest BCUT2D eigenvalue weighted by atomic mass is 19.1. The van der Waals surface area contributed by atoms with Gasteiger partial charge in [-0.05, 0) is 24.3 Å². The molecule has 0 heterocycles. The number of rotatable bonds is 2. The van der Waals surface area contributed by atoms with Crippen LogP contribution in [0.4, 0.5) is 8.78 Å². The first-order valence-corrected chi connectivity index (χ1v) is 3.08. The van der Waals surface area contributed by atoms with Crippen LogP contribution in [0, 0.1) is 12.7 Å². The van der Waals surface area contributed by atoms with Gasteiger partial charge in [0.15, 0.2) is 0 Å². The van der Waals surface area contributed by atoms with E-state index < -0.39 is 6.36 Å². The summed E-state index contributed by atoms with van der Waals surface area (Å²) in [4.78, 5) is 0. The number of halogens is 2. The molecule has 1 rings (SSSR count). The lowest BCUT2D eigenvalue weighted by Gasteiger charge is -2.04. The van der Waals surface area contributed by atoms with Crippen LogP contribution in [0.1, 0.15) is 0 Å². The molecule has 0 saturated carbocycles. The average molecular weight is 157 g/mol. The second kappa shape index (κ2) is 3.32. The molecule has 0 aliphatic heterocycles. The van der Waals surface area contributed by atoms with Crippen LogP contribution in [0.3, 0.4) is 0 Å². The smallest absolute Gasteiger partial charge is 0.238 e. The summed E-state index contributed by atoms with van der Waals surface area (Å²) >= 11 is 0. The molecule has 0 aliphatic carbocycles. The van der Waals surface area contributed by atoms with E-state index in [1.165, 1.54) is 24.3 Å². The predicted octanol–water partition coefficient (Wildman–Crippen LogP) is 2.33. The van der Waals surface area contributed by atoms with Crippen LogP contribution in [0.2, 0.25) is 0 Å². The van der Waals surface area contributed by atoms with Gasteiger partial charge < -0.3 is 4.74 Å². The molecule has 1 atom stereocenters. The first kappa shape index (κ1) is 7.98. The third-order valence-electron chi connectivity index (χ3n) is 1.08. The maximum atomic E-state index is 12.3. The van der Waals surface area contributed by atoms with Crippen molar-refractivity contribution in [3.8, 4) is 5.75 Å². The second-order valence-corrected chi connectivity index (χ2v) is 1.98. The van der Waals surface area contributed by atoms with Gasteiger partial charge in [-0.25, -0.2) is 8.78 Å². The Hall–Kier alpha value is -1.12. The molecule has 1 aromatic carbocycles. The predicted molar refractivity (Wildman–Crippen MR) is 37.3 cm³/mol. The summed E-state index contributed by atoms with van der Waals surface area (Å²) in [5.41, 5.74) is 0. The third-order valence-corrected chi connectivity index (χ3v) is 1.08. The lowest BCUT2D eigenvalue weighted by Crippen LogP contribution is -2.03. The van der Waals surface area contributed by atoms with Gasteiger partial charge >= 0.3 is 0 Å². The summed E-state index contributed by atoms with van der Waals surface area (Å²) in [7, 11) is 0. The molecule has 0 aliphatic rings. The summed E-state index contributed by atoms with van der Waals surface area (Å²) in [6.45, 7) is 2.97. The molecule has 0 spiro atoms.